The van der Waals surface area contributed by atoms with E-state index >= 15 is 0 Å². The van der Waals surface area contributed by atoms with E-state index in [-0.39, 0.29) is 18.1 Å². The van der Waals surface area contributed by atoms with Crippen LogP contribution in [0, 0.1) is 5.92 Å². The second kappa shape index (κ2) is 4.54. The fourth-order valence-corrected chi connectivity index (χ4v) is 2.21. The standard InChI is InChI=1S/C14H17NO/c1-3-7-12-10(4-2)14(15)11-8-5-6-9-13(11)16-12/h3-9,11,13-14H,1,15H2,2H3/b10-4+,12-7+. The summed E-state index contributed by atoms with van der Waals surface area (Å²) >= 11 is 0. The minimum Gasteiger partial charge on any atom is -0.485 e. The van der Waals surface area contributed by atoms with Crippen LogP contribution in [0.5, 0.6) is 0 Å². The van der Waals surface area contributed by atoms with Gasteiger partial charge in [0.15, 0.2) is 0 Å². The van der Waals surface area contributed by atoms with Crippen molar-refractivity contribution in [3.05, 3.63) is 60.4 Å². The highest BCUT2D eigenvalue weighted by Crippen LogP contribution is 2.34. The molecule has 3 unspecified atom stereocenters. The predicted octanol–water partition coefficient (Wildman–Crippen LogP) is 2.47. The van der Waals surface area contributed by atoms with Gasteiger partial charge in [0.2, 0.25) is 0 Å². The van der Waals surface area contributed by atoms with Crippen LogP contribution < -0.4 is 5.73 Å². The monoisotopic (exact) mass is 215 g/mol. The molecule has 2 N–H and O–H groups in total. The molecule has 0 amide bonds. The topological polar surface area (TPSA) is 35.2 Å². The van der Waals surface area contributed by atoms with Crippen molar-refractivity contribution in [1.29, 1.82) is 0 Å². The second-order valence-electron chi connectivity index (χ2n) is 3.97. The summed E-state index contributed by atoms with van der Waals surface area (Å²) in [5.41, 5.74) is 7.31. The van der Waals surface area contributed by atoms with Gasteiger partial charge in [0, 0.05) is 17.5 Å². The smallest absolute Gasteiger partial charge is 0.125 e. The first-order valence-corrected chi connectivity index (χ1v) is 5.54. The second-order valence-corrected chi connectivity index (χ2v) is 3.97. The molecule has 1 fully saturated rings. The first kappa shape index (κ1) is 11.0. The molecule has 0 spiro atoms. The molecule has 0 aromatic heterocycles. The average molecular weight is 215 g/mol. The predicted molar refractivity (Wildman–Crippen MR) is 66.7 cm³/mol. The van der Waals surface area contributed by atoms with Gasteiger partial charge < -0.3 is 10.5 Å². The maximum absolute atomic E-state index is 6.26. The summed E-state index contributed by atoms with van der Waals surface area (Å²) in [4.78, 5) is 0. The quantitative estimate of drug-likeness (QED) is 0.729. The number of fused-ring (bicyclic) bond motifs is 1. The van der Waals surface area contributed by atoms with E-state index in [1.807, 2.05) is 37.3 Å². The number of nitrogens with two attached hydrogens (primary N) is 1. The molecule has 2 rings (SSSR count). The highest BCUT2D eigenvalue weighted by Gasteiger charge is 2.35. The molecule has 16 heavy (non-hydrogen) atoms. The van der Waals surface area contributed by atoms with E-state index < -0.39 is 0 Å². The number of rotatable bonds is 1. The molecule has 2 nitrogen and oxygen atoms in total. The van der Waals surface area contributed by atoms with Crippen molar-refractivity contribution < 1.29 is 4.74 Å². The van der Waals surface area contributed by atoms with Crippen LogP contribution in [-0.4, -0.2) is 12.1 Å². The molecule has 0 saturated carbocycles. The SMILES string of the molecule is C=C/C=C1/OC2C=CC=CC2C(N)/C1=C/C. The number of hydrogen-bond donors (Lipinski definition) is 1. The molecule has 1 heterocycles. The van der Waals surface area contributed by atoms with Gasteiger partial charge in [-0.2, -0.15) is 0 Å². The van der Waals surface area contributed by atoms with Gasteiger partial charge in [-0.1, -0.05) is 37.0 Å². The summed E-state index contributed by atoms with van der Waals surface area (Å²) in [5, 5.41) is 0. The fourth-order valence-electron chi connectivity index (χ4n) is 2.21. The van der Waals surface area contributed by atoms with Gasteiger partial charge >= 0.3 is 0 Å². The molecular weight excluding hydrogens is 198 g/mol. The molecule has 84 valence electrons. The summed E-state index contributed by atoms with van der Waals surface area (Å²) in [6.45, 7) is 5.68. The van der Waals surface area contributed by atoms with Crippen molar-refractivity contribution in [2.24, 2.45) is 11.7 Å². The Morgan fingerprint density at radius 3 is 2.81 bits per heavy atom. The highest BCUT2D eigenvalue weighted by molar-refractivity contribution is 5.39. The van der Waals surface area contributed by atoms with Gasteiger partial charge in [-0.05, 0) is 19.1 Å². The van der Waals surface area contributed by atoms with Crippen LogP contribution in [0.25, 0.3) is 0 Å². The first-order valence-electron chi connectivity index (χ1n) is 5.54. The van der Waals surface area contributed by atoms with Gasteiger partial charge in [0.25, 0.3) is 0 Å². The molecule has 0 bridgehead atoms. The van der Waals surface area contributed by atoms with E-state index in [1.165, 1.54) is 0 Å². The Morgan fingerprint density at radius 1 is 1.38 bits per heavy atom. The van der Waals surface area contributed by atoms with Crippen LogP contribution in [0.15, 0.2) is 60.4 Å². The van der Waals surface area contributed by atoms with E-state index in [2.05, 4.69) is 12.7 Å². The molecule has 1 saturated heterocycles. The minimum absolute atomic E-state index is 0.00356. The third-order valence-corrected chi connectivity index (χ3v) is 3.03. The van der Waals surface area contributed by atoms with Crippen LogP contribution in [-0.2, 0) is 4.74 Å². The molecule has 0 radical (unpaired) electrons. The number of ether oxygens (including phenoxy) is 1. The largest absolute Gasteiger partial charge is 0.485 e. The number of hydrogen-bond acceptors (Lipinski definition) is 2. The van der Waals surface area contributed by atoms with Crippen LogP contribution in [0.1, 0.15) is 6.92 Å². The van der Waals surface area contributed by atoms with Crippen molar-refractivity contribution in [2.75, 3.05) is 0 Å². The average Bonchev–Trinajstić information content (AvgIpc) is 2.30. The molecule has 2 aliphatic rings. The highest BCUT2D eigenvalue weighted by atomic mass is 16.5. The lowest BCUT2D eigenvalue weighted by Gasteiger charge is -2.38. The molecular formula is C14H17NO. The van der Waals surface area contributed by atoms with Gasteiger partial charge in [-0.15, -0.1) is 0 Å². The van der Waals surface area contributed by atoms with E-state index in [1.54, 1.807) is 6.08 Å². The number of allylic oxidation sites excluding steroid dienone is 5. The van der Waals surface area contributed by atoms with Crippen LogP contribution in [0.4, 0.5) is 0 Å². The summed E-state index contributed by atoms with van der Waals surface area (Å²) in [6, 6.07) is -0.00356. The Bertz CT molecular complexity index is 401. The Labute approximate surface area is 96.5 Å². The zero-order valence-electron chi connectivity index (χ0n) is 9.47. The van der Waals surface area contributed by atoms with Gasteiger partial charge in [0.05, 0.1) is 0 Å². The minimum atomic E-state index is -0.00356. The summed E-state index contributed by atoms with van der Waals surface area (Å²) in [7, 11) is 0. The lowest BCUT2D eigenvalue weighted by Crippen LogP contribution is -2.44. The van der Waals surface area contributed by atoms with Gasteiger partial charge in [-0.3, -0.25) is 0 Å². The Balaban J connectivity index is 2.35. The van der Waals surface area contributed by atoms with Crippen molar-refractivity contribution >= 4 is 0 Å². The summed E-state index contributed by atoms with van der Waals surface area (Å²) in [5.74, 6) is 1.07. The molecule has 2 heteroatoms. The van der Waals surface area contributed by atoms with Crippen LogP contribution in [0.2, 0.25) is 0 Å². The summed E-state index contributed by atoms with van der Waals surface area (Å²) < 4.78 is 5.91. The Morgan fingerprint density at radius 2 is 2.12 bits per heavy atom. The van der Waals surface area contributed by atoms with Gasteiger partial charge in [-0.25, -0.2) is 0 Å². The van der Waals surface area contributed by atoms with Crippen molar-refractivity contribution in [2.45, 2.75) is 19.1 Å². The van der Waals surface area contributed by atoms with E-state index in [4.69, 9.17) is 10.5 Å². The maximum atomic E-state index is 6.26. The van der Waals surface area contributed by atoms with Gasteiger partial charge in [0.1, 0.15) is 11.9 Å². The lowest BCUT2D eigenvalue weighted by atomic mass is 9.82. The molecule has 1 aliphatic heterocycles. The first-order chi connectivity index (χ1) is 7.77. The molecule has 0 aromatic carbocycles. The fraction of sp³-hybridized carbons (Fsp3) is 0.286. The van der Waals surface area contributed by atoms with Crippen molar-refractivity contribution in [3.63, 3.8) is 0 Å². The van der Waals surface area contributed by atoms with E-state index in [9.17, 15) is 0 Å². The third kappa shape index (κ3) is 1.76. The lowest BCUT2D eigenvalue weighted by molar-refractivity contribution is 0.0907. The third-order valence-electron chi connectivity index (χ3n) is 3.03. The van der Waals surface area contributed by atoms with Crippen molar-refractivity contribution in [1.82, 2.24) is 0 Å². The van der Waals surface area contributed by atoms with E-state index in [0.29, 0.717) is 0 Å². The Hall–Kier alpha value is -1.54. The van der Waals surface area contributed by atoms with Crippen LogP contribution >= 0.6 is 0 Å². The van der Waals surface area contributed by atoms with Crippen LogP contribution in [0.3, 0.4) is 0 Å². The normalized spacial score (nSPS) is 37.2. The summed E-state index contributed by atoms with van der Waals surface area (Å²) in [6.07, 6.45) is 13.9. The van der Waals surface area contributed by atoms with Crippen molar-refractivity contribution in [3.8, 4) is 0 Å². The zero-order chi connectivity index (χ0) is 11.5. The molecule has 3 atom stereocenters. The molecule has 1 aliphatic carbocycles. The molecule has 0 aromatic rings. The maximum Gasteiger partial charge on any atom is 0.125 e. The zero-order valence-corrected chi connectivity index (χ0v) is 9.47. The Kier molecular flexibility index (Phi) is 3.11. The van der Waals surface area contributed by atoms with E-state index in [0.717, 1.165) is 11.3 Å².